The number of nitro benzene ring substituents is 1. The van der Waals surface area contributed by atoms with Gasteiger partial charge in [0.15, 0.2) is 11.9 Å². The molecule has 1 aliphatic carbocycles. The first-order valence-electron chi connectivity index (χ1n) is 8.01. The lowest BCUT2D eigenvalue weighted by atomic mass is 10.2. The van der Waals surface area contributed by atoms with Gasteiger partial charge in [0.2, 0.25) is 0 Å². The molecule has 1 aromatic rings. The van der Waals surface area contributed by atoms with Crippen LogP contribution in [0.2, 0.25) is 0 Å². The number of hydrogen-bond acceptors (Lipinski definition) is 6. The summed E-state index contributed by atoms with van der Waals surface area (Å²) < 4.78 is 10.3. The van der Waals surface area contributed by atoms with Gasteiger partial charge in [0.25, 0.3) is 5.91 Å². The average molecular weight is 351 g/mol. The molecular formula is C16H21N3O6. The van der Waals surface area contributed by atoms with Crippen LogP contribution in [0.25, 0.3) is 0 Å². The first kappa shape index (κ1) is 18.5. The number of nitrogens with one attached hydrogen (secondary N) is 2. The van der Waals surface area contributed by atoms with Crippen molar-refractivity contribution in [1.82, 2.24) is 10.6 Å². The van der Waals surface area contributed by atoms with Gasteiger partial charge in [-0.25, -0.2) is 4.79 Å². The van der Waals surface area contributed by atoms with E-state index in [1.807, 2.05) is 0 Å². The van der Waals surface area contributed by atoms with Crippen molar-refractivity contribution in [2.75, 3.05) is 7.11 Å². The quantitative estimate of drug-likeness (QED) is 0.598. The van der Waals surface area contributed by atoms with Gasteiger partial charge in [0, 0.05) is 6.04 Å². The molecule has 9 nitrogen and oxygen atoms in total. The highest BCUT2D eigenvalue weighted by Crippen LogP contribution is 2.31. The van der Waals surface area contributed by atoms with Gasteiger partial charge in [-0.3, -0.25) is 20.2 Å². The number of nitro groups is 1. The molecule has 1 atom stereocenters. The third-order valence-electron chi connectivity index (χ3n) is 3.96. The molecule has 9 heteroatoms. The molecule has 0 unspecified atom stereocenters. The van der Waals surface area contributed by atoms with E-state index in [-0.39, 0.29) is 17.5 Å². The van der Waals surface area contributed by atoms with Crippen molar-refractivity contribution in [3.63, 3.8) is 0 Å². The maximum Gasteiger partial charge on any atom is 0.321 e. The molecule has 0 spiro atoms. The SMILES string of the molecule is COc1ccc(O[C@@H](C)C(=O)NC(=O)NC2CCCC2)c([N+](=O)[O-])c1. The number of nitrogens with zero attached hydrogens (tertiary/aromatic N) is 1. The summed E-state index contributed by atoms with van der Waals surface area (Å²) in [5.41, 5.74) is -0.325. The Morgan fingerprint density at radius 2 is 2.00 bits per heavy atom. The number of hydrogen-bond donors (Lipinski definition) is 2. The molecule has 0 radical (unpaired) electrons. The lowest BCUT2D eigenvalue weighted by molar-refractivity contribution is -0.386. The fourth-order valence-electron chi connectivity index (χ4n) is 2.62. The molecule has 136 valence electrons. The minimum absolute atomic E-state index is 0.0756. The van der Waals surface area contributed by atoms with Crippen LogP contribution >= 0.6 is 0 Å². The summed E-state index contributed by atoms with van der Waals surface area (Å²) >= 11 is 0. The van der Waals surface area contributed by atoms with Crippen molar-refractivity contribution in [3.8, 4) is 11.5 Å². The van der Waals surface area contributed by atoms with E-state index in [2.05, 4.69) is 10.6 Å². The zero-order valence-corrected chi connectivity index (χ0v) is 14.1. The number of methoxy groups -OCH3 is 1. The number of imide groups is 1. The highest BCUT2D eigenvalue weighted by Gasteiger charge is 2.24. The topological polar surface area (TPSA) is 120 Å². The van der Waals surface area contributed by atoms with Gasteiger partial charge >= 0.3 is 11.7 Å². The standard InChI is InChI=1S/C16H21N3O6/c1-10(15(20)18-16(21)17-11-5-3-4-6-11)25-14-8-7-12(24-2)9-13(14)19(22)23/h7-11H,3-6H2,1-2H3,(H2,17,18,20,21)/t10-/m0/s1. The van der Waals surface area contributed by atoms with E-state index in [1.54, 1.807) is 0 Å². The molecule has 0 saturated heterocycles. The maximum absolute atomic E-state index is 12.0. The van der Waals surface area contributed by atoms with Gasteiger partial charge in [-0.15, -0.1) is 0 Å². The second-order valence-corrected chi connectivity index (χ2v) is 5.79. The third-order valence-corrected chi connectivity index (χ3v) is 3.96. The second kappa shape index (κ2) is 8.32. The largest absolute Gasteiger partial charge is 0.496 e. The minimum Gasteiger partial charge on any atom is -0.496 e. The number of ether oxygens (including phenoxy) is 2. The van der Waals surface area contributed by atoms with Crippen molar-refractivity contribution in [1.29, 1.82) is 0 Å². The van der Waals surface area contributed by atoms with Crippen LogP contribution in [-0.2, 0) is 4.79 Å². The van der Waals surface area contributed by atoms with E-state index in [4.69, 9.17) is 9.47 Å². The van der Waals surface area contributed by atoms with Crippen molar-refractivity contribution in [2.24, 2.45) is 0 Å². The zero-order chi connectivity index (χ0) is 18.4. The molecular weight excluding hydrogens is 330 g/mol. The van der Waals surface area contributed by atoms with E-state index >= 15 is 0 Å². The monoisotopic (exact) mass is 351 g/mol. The summed E-state index contributed by atoms with van der Waals surface area (Å²) in [5, 5.41) is 16.0. The smallest absolute Gasteiger partial charge is 0.321 e. The fraction of sp³-hybridized carbons (Fsp3) is 0.500. The molecule has 25 heavy (non-hydrogen) atoms. The predicted octanol–water partition coefficient (Wildman–Crippen LogP) is 2.14. The van der Waals surface area contributed by atoms with Crippen molar-refractivity contribution in [3.05, 3.63) is 28.3 Å². The van der Waals surface area contributed by atoms with E-state index in [0.717, 1.165) is 25.7 Å². The number of amides is 3. The molecule has 0 heterocycles. The third kappa shape index (κ3) is 5.07. The van der Waals surface area contributed by atoms with Crippen LogP contribution in [0.4, 0.5) is 10.5 Å². The molecule has 2 rings (SSSR count). The van der Waals surface area contributed by atoms with Crippen molar-refractivity contribution in [2.45, 2.75) is 44.8 Å². The number of carbonyl (C=O) groups excluding carboxylic acids is 2. The van der Waals surface area contributed by atoms with Gasteiger partial charge in [-0.05, 0) is 31.9 Å². The first-order valence-corrected chi connectivity index (χ1v) is 8.01. The maximum atomic E-state index is 12.0. The summed E-state index contributed by atoms with van der Waals surface area (Å²) in [6, 6.07) is 3.52. The number of carbonyl (C=O) groups is 2. The Balaban J connectivity index is 1.96. The molecule has 1 aromatic carbocycles. The fourth-order valence-corrected chi connectivity index (χ4v) is 2.62. The summed E-state index contributed by atoms with van der Waals surface area (Å²) in [7, 11) is 1.39. The van der Waals surface area contributed by atoms with Crippen LogP contribution in [0.3, 0.4) is 0 Å². The number of benzene rings is 1. The summed E-state index contributed by atoms with van der Waals surface area (Å²) in [4.78, 5) is 34.3. The molecule has 0 bridgehead atoms. The molecule has 2 N–H and O–H groups in total. The van der Waals surface area contributed by atoms with Gasteiger partial charge in [-0.2, -0.15) is 0 Å². The molecule has 1 saturated carbocycles. The summed E-state index contributed by atoms with van der Waals surface area (Å²) in [6.07, 6.45) is 2.82. The zero-order valence-electron chi connectivity index (χ0n) is 14.1. The molecule has 0 aromatic heterocycles. The molecule has 0 aliphatic heterocycles. The van der Waals surface area contributed by atoms with Crippen LogP contribution < -0.4 is 20.1 Å². The lowest BCUT2D eigenvalue weighted by Gasteiger charge is -2.16. The number of urea groups is 1. The van der Waals surface area contributed by atoms with Crippen molar-refractivity contribution < 1.29 is 24.0 Å². The highest BCUT2D eigenvalue weighted by atomic mass is 16.6. The second-order valence-electron chi connectivity index (χ2n) is 5.79. The van der Waals surface area contributed by atoms with Gasteiger partial charge in [0.1, 0.15) is 5.75 Å². The Morgan fingerprint density at radius 3 is 2.60 bits per heavy atom. The van der Waals surface area contributed by atoms with Crippen LogP contribution in [0.15, 0.2) is 18.2 Å². The van der Waals surface area contributed by atoms with E-state index in [9.17, 15) is 19.7 Å². The van der Waals surface area contributed by atoms with Gasteiger partial charge in [0.05, 0.1) is 18.1 Å². The van der Waals surface area contributed by atoms with Crippen LogP contribution in [0.1, 0.15) is 32.6 Å². The number of rotatable bonds is 6. The molecule has 3 amide bonds. The van der Waals surface area contributed by atoms with Crippen LogP contribution in [0.5, 0.6) is 11.5 Å². The molecule has 1 fully saturated rings. The van der Waals surface area contributed by atoms with E-state index < -0.39 is 23.0 Å². The van der Waals surface area contributed by atoms with Crippen molar-refractivity contribution >= 4 is 17.6 Å². The lowest BCUT2D eigenvalue weighted by Crippen LogP contribution is -2.47. The highest BCUT2D eigenvalue weighted by molar-refractivity contribution is 5.96. The average Bonchev–Trinajstić information content (AvgIpc) is 3.07. The van der Waals surface area contributed by atoms with Crippen LogP contribution in [0, 0.1) is 10.1 Å². The Kier molecular flexibility index (Phi) is 6.15. The van der Waals surface area contributed by atoms with E-state index in [1.165, 1.54) is 32.2 Å². The van der Waals surface area contributed by atoms with E-state index in [0.29, 0.717) is 5.75 Å². The van der Waals surface area contributed by atoms with Gasteiger partial charge in [-0.1, -0.05) is 12.8 Å². The van der Waals surface area contributed by atoms with Crippen LogP contribution in [-0.4, -0.2) is 36.1 Å². The predicted molar refractivity (Wildman–Crippen MR) is 88.7 cm³/mol. The minimum atomic E-state index is -1.08. The Hall–Kier alpha value is -2.84. The first-order chi connectivity index (χ1) is 11.9. The molecule has 1 aliphatic rings. The Morgan fingerprint density at radius 1 is 1.32 bits per heavy atom. The van der Waals surface area contributed by atoms with Gasteiger partial charge < -0.3 is 14.8 Å². The normalized spacial score (nSPS) is 15.3. The summed E-state index contributed by atoms with van der Waals surface area (Å²) in [6.45, 7) is 1.41. The Bertz CT molecular complexity index is 657. The summed E-state index contributed by atoms with van der Waals surface area (Å²) in [5.74, 6) is -0.461. The Labute approximate surface area is 144 Å².